The lowest BCUT2D eigenvalue weighted by Crippen LogP contribution is -2.06. The van der Waals surface area contributed by atoms with Crippen LogP contribution >= 0.6 is 27.7 Å². The molecule has 0 amide bonds. The predicted molar refractivity (Wildman–Crippen MR) is 77.4 cm³/mol. The van der Waals surface area contributed by atoms with Crippen molar-refractivity contribution in [3.05, 3.63) is 58.1 Å². The summed E-state index contributed by atoms with van der Waals surface area (Å²) in [6, 6.07) is 9.44. The Morgan fingerprint density at radius 2 is 1.84 bits per heavy atom. The molecule has 2 aromatic carbocycles. The van der Waals surface area contributed by atoms with Crippen LogP contribution in [-0.2, 0) is 6.54 Å². The van der Waals surface area contributed by atoms with Crippen molar-refractivity contribution < 1.29 is 8.78 Å². The molecule has 19 heavy (non-hydrogen) atoms. The Morgan fingerprint density at radius 3 is 2.53 bits per heavy atom. The van der Waals surface area contributed by atoms with Crippen LogP contribution in [0, 0.1) is 11.6 Å². The van der Waals surface area contributed by atoms with Gasteiger partial charge in [-0.15, -0.1) is 0 Å². The summed E-state index contributed by atoms with van der Waals surface area (Å²) in [5, 5.41) is 3.07. The average molecular weight is 344 g/mol. The summed E-state index contributed by atoms with van der Waals surface area (Å²) in [4.78, 5) is 1.36. The predicted octanol–water partition coefficient (Wildman–Crippen LogP) is 4.60. The molecule has 0 saturated heterocycles. The first-order chi connectivity index (χ1) is 9.10. The van der Waals surface area contributed by atoms with Crippen LogP contribution in [0.25, 0.3) is 0 Å². The molecule has 0 heterocycles. The highest BCUT2D eigenvalue weighted by atomic mass is 79.9. The largest absolute Gasteiger partial charge is 0.316 e. The molecule has 2 aromatic rings. The highest BCUT2D eigenvalue weighted by Crippen LogP contribution is 2.33. The van der Waals surface area contributed by atoms with Gasteiger partial charge in [-0.1, -0.05) is 27.7 Å². The Morgan fingerprint density at radius 1 is 1.11 bits per heavy atom. The lowest BCUT2D eigenvalue weighted by Gasteiger charge is -2.10. The van der Waals surface area contributed by atoms with Crippen LogP contribution in [0.15, 0.2) is 50.7 Å². The minimum atomic E-state index is -0.562. The van der Waals surface area contributed by atoms with Crippen LogP contribution in [0.4, 0.5) is 8.78 Å². The molecule has 0 spiro atoms. The van der Waals surface area contributed by atoms with Crippen molar-refractivity contribution in [1.82, 2.24) is 5.32 Å². The molecule has 0 saturated carbocycles. The van der Waals surface area contributed by atoms with Crippen LogP contribution in [0.1, 0.15) is 5.56 Å². The third-order valence-electron chi connectivity index (χ3n) is 2.50. The highest BCUT2D eigenvalue weighted by molar-refractivity contribution is 9.10. The van der Waals surface area contributed by atoms with E-state index >= 15 is 0 Å². The molecule has 0 aliphatic rings. The lowest BCUT2D eigenvalue weighted by molar-refractivity contribution is 0.565. The first kappa shape index (κ1) is 14.5. The van der Waals surface area contributed by atoms with Crippen LogP contribution in [0.3, 0.4) is 0 Å². The normalized spacial score (nSPS) is 10.7. The molecule has 0 aliphatic heterocycles. The fraction of sp³-hybridized carbons (Fsp3) is 0.143. The van der Waals surface area contributed by atoms with Crippen molar-refractivity contribution in [2.45, 2.75) is 16.3 Å². The summed E-state index contributed by atoms with van der Waals surface area (Å²) in [6.45, 7) is 0.685. The fourth-order valence-electron chi connectivity index (χ4n) is 1.65. The van der Waals surface area contributed by atoms with E-state index in [1.165, 1.54) is 23.9 Å². The van der Waals surface area contributed by atoms with Gasteiger partial charge in [0.2, 0.25) is 0 Å². The van der Waals surface area contributed by atoms with E-state index in [4.69, 9.17) is 0 Å². The molecule has 0 bridgehead atoms. The van der Waals surface area contributed by atoms with Gasteiger partial charge < -0.3 is 5.32 Å². The van der Waals surface area contributed by atoms with Crippen molar-refractivity contribution in [3.63, 3.8) is 0 Å². The zero-order valence-corrected chi connectivity index (χ0v) is 12.6. The number of hydrogen-bond acceptors (Lipinski definition) is 2. The second-order valence-corrected chi connectivity index (χ2v) is 5.96. The van der Waals surface area contributed by atoms with Crippen molar-refractivity contribution in [1.29, 1.82) is 0 Å². The van der Waals surface area contributed by atoms with E-state index in [2.05, 4.69) is 21.2 Å². The molecule has 2 rings (SSSR count). The molecule has 1 nitrogen and oxygen atoms in total. The van der Waals surface area contributed by atoms with Gasteiger partial charge in [-0.2, -0.15) is 0 Å². The molecular weight excluding hydrogens is 332 g/mol. The van der Waals surface area contributed by atoms with Gasteiger partial charge in [0, 0.05) is 26.9 Å². The Balaban J connectivity index is 2.32. The van der Waals surface area contributed by atoms with Gasteiger partial charge in [0.05, 0.1) is 0 Å². The first-order valence-corrected chi connectivity index (χ1v) is 7.27. The zero-order valence-electron chi connectivity index (χ0n) is 10.2. The van der Waals surface area contributed by atoms with E-state index in [0.717, 1.165) is 21.0 Å². The Labute approximate surface area is 123 Å². The van der Waals surface area contributed by atoms with Crippen molar-refractivity contribution >= 4 is 27.7 Å². The van der Waals surface area contributed by atoms with Crippen LogP contribution in [0.5, 0.6) is 0 Å². The number of nitrogens with one attached hydrogen (secondary N) is 1. The van der Waals surface area contributed by atoms with E-state index in [9.17, 15) is 8.78 Å². The summed E-state index contributed by atoms with van der Waals surface area (Å²) in [5.41, 5.74) is 1.06. The lowest BCUT2D eigenvalue weighted by atomic mass is 10.2. The molecule has 100 valence electrons. The quantitative estimate of drug-likeness (QED) is 0.870. The van der Waals surface area contributed by atoms with E-state index in [0.29, 0.717) is 11.4 Å². The molecule has 0 radical (unpaired) electrons. The van der Waals surface area contributed by atoms with Crippen LogP contribution < -0.4 is 5.32 Å². The molecule has 5 heteroatoms. The standard InChI is InChI=1S/C14H12BrF2NS/c1-18-8-9-6-10(15)2-4-13(9)19-14-5-3-11(16)7-12(14)17/h2-7,18H,8H2,1H3. The molecule has 0 aliphatic carbocycles. The van der Waals surface area contributed by atoms with Gasteiger partial charge in [-0.05, 0) is 42.9 Å². The van der Waals surface area contributed by atoms with E-state index in [1.54, 1.807) is 0 Å². The number of hydrogen-bond donors (Lipinski definition) is 1. The van der Waals surface area contributed by atoms with Crippen LogP contribution in [0.2, 0.25) is 0 Å². The van der Waals surface area contributed by atoms with E-state index in [1.807, 2.05) is 25.2 Å². The molecule has 0 unspecified atom stereocenters. The van der Waals surface area contributed by atoms with E-state index in [-0.39, 0.29) is 0 Å². The van der Waals surface area contributed by atoms with Crippen LogP contribution in [-0.4, -0.2) is 7.05 Å². The monoisotopic (exact) mass is 343 g/mol. The zero-order chi connectivity index (χ0) is 13.8. The Hall–Kier alpha value is -0.910. The summed E-state index contributed by atoms with van der Waals surface area (Å²) in [5.74, 6) is -1.10. The molecule has 0 atom stereocenters. The summed E-state index contributed by atoms with van der Waals surface area (Å²) in [7, 11) is 1.85. The highest BCUT2D eigenvalue weighted by Gasteiger charge is 2.09. The van der Waals surface area contributed by atoms with Gasteiger partial charge in [0.1, 0.15) is 11.6 Å². The first-order valence-electron chi connectivity index (χ1n) is 5.66. The fourth-order valence-corrected chi connectivity index (χ4v) is 2.99. The Bertz CT molecular complexity index is 590. The van der Waals surface area contributed by atoms with Gasteiger partial charge >= 0.3 is 0 Å². The number of halogens is 3. The minimum absolute atomic E-state index is 0.418. The summed E-state index contributed by atoms with van der Waals surface area (Å²) < 4.78 is 27.5. The molecule has 0 fully saturated rings. The van der Waals surface area contributed by atoms with Gasteiger partial charge in [0.15, 0.2) is 0 Å². The van der Waals surface area contributed by atoms with Gasteiger partial charge in [-0.3, -0.25) is 0 Å². The molecule has 1 N–H and O–H groups in total. The molecular formula is C14H12BrF2NS. The third-order valence-corrected chi connectivity index (χ3v) is 4.17. The van der Waals surface area contributed by atoms with Gasteiger partial charge in [0.25, 0.3) is 0 Å². The second-order valence-electron chi connectivity index (χ2n) is 3.96. The number of rotatable bonds is 4. The summed E-state index contributed by atoms with van der Waals surface area (Å²) in [6.07, 6.45) is 0. The van der Waals surface area contributed by atoms with Gasteiger partial charge in [-0.25, -0.2) is 8.78 Å². The molecule has 0 aromatic heterocycles. The number of benzene rings is 2. The smallest absolute Gasteiger partial charge is 0.140 e. The third kappa shape index (κ3) is 3.78. The van der Waals surface area contributed by atoms with E-state index < -0.39 is 11.6 Å². The van der Waals surface area contributed by atoms with Crippen molar-refractivity contribution in [2.24, 2.45) is 0 Å². The van der Waals surface area contributed by atoms with Crippen molar-refractivity contribution in [3.8, 4) is 0 Å². The maximum absolute atomic E-state index is 13.6. The maximum Gasteiger partial charge on any atom is 0.140 e. The SMILES string of the molecule is CNCc1cc(Br)ccc1Sc1ccc(F)cc1F. The average Bonchev–Trinajstić information content (AvgIpc) is 2.36. The topological polar surface area (TPSA) is 12.0 Å². The maximum atomic E-state index is 13.6. The minimum Gasteiger partial charge on any atom is -0.316 e. The summed E-state index contributed by atoms with van der Waals surface area (Å²) >= 11 is 4.71. The second kappa shape index (κ2) is 6.50. The van der Waals surface area contributed by atoms with Crippen molar-refractivity contribution in [2.75, 3.05) is 7.05 Å². The Kier molecular flexibility index (Phi) is 4.96.